The smallest absolute Gasteiger partial charge is 0.163 e. The van der Waals surface area contributed by atoms with Gasteiger partial charge in [0, 0.05) is 86.0 Å². The SMILES string of the molecule is Cc1nc(-c2ccccc2)nc(-c2ccc(-c3ccccc3)cc2)n1.Cc1nc(-c2ccccc2)nc(-c2ccc(-c3ccccn3)cc2)n1.Cc1nc(-c2ccccc2)nc(-c2cccc(-c3ccccn3)c2)n1.Cc1nc(-c2ccccc2)nc(-c2cccc(-c3cccnc3)c2)n1. The summed E-state index contributed by atoms with van der Waals surface area (Å²) in [6, 6.07) is 98.7. The van der Waals surface area contributed by atoms with Crippen molar-refractivity contribution in [2.45, 2.75) is 27.7 Å². The Morgan fingerprint density at radius 1 is 0.170 bits per heavy atom. The number of aryl methyl sites for hydroxylation is 4. The molecule has 7 aromatic heterocycles. The van der Waals surface area contributed by atoms with Crippen LogP contribution in [0.25, 0.3) is 136 Å². The number of pyridine rings is 3. The van der Waals surface area contributed by atoms with Crippen molar-refractivity contribution >= 4 is 0 Å². The molecular weight excluding hydrogens is 1230 g/mol. The van der Waals surface area contributed by atoms with Crippen LogP contribution in [-0.2, 0) is 0 Å². The van der Waals surface area contributed by atoms with Crippen molar-refractivity contribution in [3.8, 4) is 136 Å². The molecule has 0 saturated heterocycles. The molecule has 480 valence electrons. The van der Waals surface area contributed by atoms with Crippen LogP contribution in [0.2, 0.25) is 0 Å². The van der Waals surface area contributed by atoms with Crippen molar-refractivity contribution < 1.29 is 0 Å². The fourth-order valence-electron chi connectivity index (χ4n) is 10.8. The van der Waals surface area contributed by atoms with Gasteiger partial charge in [-0.1, -0.05) is 255 Å². The van der Waals surface area contributed by atoms with Gasteiger partial charge in [-0.2, -0.15) is 0 Å². The minimum absolute atomic E-state index is 0.670. The largest absolute Gasteiger partial charge is 0.264 e. The number of nitrogens with zero attached hydrogens (tertiary/aromatic N) is 15. The molecule has 9 aromatic carbocycles. The highest BCUT2D eigenvalue weighted by Gasteiger charge is 2.15. The summed E-state index contributed by atoms with van der Waals surface area (Å²) >= 11 is 0. The molecule has 0 atom stereocenters. The molecule has 100 heavy (non-hydrogen) atoms. The van der Waals surface area contributed by atoms with Crippen molar-refractivity contribution in [3.63, 3.8) is 0 Å². The molecule has 0 unspecified atom stereocenters. The molecule has 0 radical (unpaired) electrons. The highest BCUT2D eigenvalue weighted by molar-refractivity contribution is 5.73. The number of hydrogen-bond acceptors (Lipinski definition) is 15. The van der Waals surface area contributed by atoms with Gasteiger partial charge in [0.1, 0.15) is 23.3 Å². The molecule has 0 amide bonds. The van der Waals surface area contributed by atoms with E-state index in [9.17, 15) is 0 Å². The van der Waals surface area contributed by atoms with Gasteiger partial charge in [0.15, 0.2) is 46.6 Å². The second-order valence-electron chi connectivity index (χ2n) is 22.9. The Hall–Kier alpha value is -13.5. The van der Waals surface area contributed by atoms with Crippen molar-refractivity contribution in [1.82, 2.24) is 74.8 Å². The van der Waals surface area contributed by atoms with Crippen LogP contribution in [0.1, 0.15) is 23.3 Å². The Bertz CT molecular complexity index is 4970. The second kappa shape index (κ2) is 31.8. The number of benzene rings is 9. The van der Waals surface area contributed by atoms with Gasteiger partial charge >= 0.3 is 0 Å². The number of rotatable bonds is 12. The molecular formula is C85H65N15. The summed E-state index contributed by atoms with van der Waals surface area (Å²) < 4.78 is 0. The fraction of sp³-hybridized carbons (Fsp3) is 0.0471. The molecule has 0 bridgehead atoms. The second-order valence-corrected chi connectivity index (χ2v) is 22.9. The zero-order chi connectivity index (χ0) is 68.2. The van der Waals surface area contributed by atoms with Crippen LogP contribution in [0.4, 0.5) is 0 Å². The average Bonchev–Trinajstić information content (AvgIpc) is 0.873. The molecule has 15 nitrogen and oxygen atoms in total. The maximum atomic E-state index is 4.67. The first kappa shape index (κ1) is 65.1. The minimum atomic E-state index is 0.670. The van der Waals surface area contributed by atoms with Gasteiger partial charge < -0.3 is 0 Å². The van der Waals surface area contributed by atoms with Gasteiger partial charge in [-0.3, -0.25) is 15.0 Å². The lowest BCUT2D eigenvalue weighted by Crippen LogP contribution is -1.99. The first-order valence-corrected chi connectivity index (χ1v) is 32.5. The van der Waals surface area contributed by atoms with Gasteiger partial charge in [0.2, 0.25) is 0 Å². The summed E-state index contributed by atoms with van der Waals surface area (Å²) in [6.45, 7) is 7.57. The van der Waals surface area contributed by atoms with E-state index in [0.717, 1.165) is 84.0 Å². The molecule has 0 aliphatic carbocycles. The third-order valence-electron chi connectivity index (χ3n) is 15.7. The Kier molecular flexibility index (Phi) is 20.7. The maximum absolute atomic E-state index is 4.67. The first-order valence-electron chi connectivity index (χ1n) is 32.5. The molecule has 0 saturated carbocycles. The lowest BCUT2D eigenvalue weighted by Gasteiger charge is -2.07. The van der Waals surface area contributed by atoms with E-state index in [4.69, 9.17) is 0 Å². The average molecular weight is 1300 g/mol. The van der Waals surface area contributed by atoms with Crippen LogP contribution in [0.3, 0.4) is 0 Å². The lowest BCUT2D eigenvalue weighted by atomic mass is 10.0. The van der Waals surface area contributed by atoms with Crippen molar-refractivity contribution in [1.29, 1.82) is 0 Å². The molecule has 15 heteroatoms. The summed E-state index contributed by atoms with van der Waals surface area (Å²) in [7, 11) is 0. The van der Waals surface area contributed by atoms with E-state index in [1.54, 1.807) is 18.6 Å². The van der Waals surface area contributed by atoms with Gasteiger partial charge in [-0.05, 0) is 86.8 Å². The third kappa shape index (κ3) is 16.9. The van der Waals surface area contributed by atoms with Crippen molar-refractivity contribution in [3.05, 3.63) is 345 Å². The molecule has 7 heterocycles. The summed E-state index contributed by atoms with van der Waals surface area (Å²) in [6.07, 6.45) is 7.22. The Balaban J connectivity index is 0.000000119. The highest BCUT2D eigenvalue weighted by Crippen LogP contribution is 2.30. The Morgan fingerprint density at radius 2 is 0.430 bits per heavy atom. The van der Waals surface area contributed by atoms with Gasteiger partial charge in [0.25, 0.3) is 0 Å². The molecule has 0 aliphatic rings. The fourth-order valence-corrected chi connectivity index (χ4v) is 10.8. The van der Waals surface area contributed by atoms with E-state index >= 15 is 0 Å². The predicted molar refractivity (Wildman–Crippen MR) is 397 cm³/mol. The molecule has 16 aromatic rings. The Morgan fingerprint density at radius 3 is 0.780 bits per heavy atom. The van der Waals surface area contributed by atoms with Crippen LogP contribution >= 0.6 is 0 Å². The quantitative estimate of drug-likeness (QED) is 0.112. The monoisotopic (exact) mass is 1300 g/mol. The lowest BCUT2D eigenvalue weighted by molar-refractivity contribution is 0.991. The van der Waals surface area contributed by atoms with Crippen LogP contribution in [0.5, 0.6) is 0 Å². The number of aromatic nitrogens is 15. The van der Waals surface area contributed by atoms with Crippen molar-refractivity contribution in [2.75, 3.05) is 0 Å². The highest BCUT2D eigenvalue weighted by atomic mass is 15.1. The normalized spacial score (nSPS) is 10.6. The summed E-state index contributed by atoms with van der Waals surface area (Å²) in [5, 5.41) is 0. The Labute approximate surface area is 580 Å². The first-order chi connectivity index (χ1) is 49.2. The van der Waals surface area contributed by atoms with Crippen LogP contribution in [0.15, 0.2) is 322 Å². The molecule has 16 rings (SSSR count). The summed E-state index contributed by atoms with van der Waals surface area (Å²) in [5.41, 5.74) is 16.3. The van der Waals surface area contributed by atoms with Gasteiger partial charge in [0.05, 0.1) is 11.4 Å². The van der Waals surface area contributed by atoms with E-state index in [1.807, 2.05) is 277 Å². The van der Waals surface area contributed by atoms with E-state index in [1.165, 1.54) is 11.1 Å². The van der Waals surface area contributed by atoms with E-state index in [0.29, 0.717) is 64.1 Å². The van der Waals surface area contributed by atoms with Crippen LogP contribution < -0.4 is 0 Å². The molecule has 0 N–H and O–H groups in total. The standard InChI is InChI=1S/C22H17N3.3C21H16N4/c1-16-23-21(19-10-6-3-7-11-19)25-22(24-16)20-14-12-18(13-15-20)17-8-4-2-5-9-17;1-15-23-20(16-7-3-2-4-8-16)25-21(24-15)18-10-5-9-17(13-18)19-11-6-12-22-14-19;1-15-23-20(16-8-3-2-4-9-16)25-21(24-15)18-11-7-10-17(14-18)19-12-5-6-13-22-19;1-15-23-20(17-7-3-2-4-8-17)25-21(24-15)18-12-10-16(11-13-18)19-9-5-6-14-22-19/h2-15H,1H3;3*2-14H,1H3. The van der Waals surface area contributed by atoms with Crippen molar-refractivity contribution in [2.24, 2.45) is 0 Å². The third-order valence-corrected chi connectivity index (χ3v) is 15.7. The molecule has 0 fully saturated rings. The van der Waals surface area contributed by atoms with Crippen LogP contribution in [0, 0.1) is 27.7 Å². The zero-order valence-electron chi connectivity index (χ0n) is 55.3. The number of hydrogen-bond donors (Lipinski definition) is 0. The van der Waals surface area contributed by atoms with Gasteiger partial charge in [-0.25, -0.2) is 59.8 Å². The van der Waals surface area contributed by atoms with E-state index < -0.39 is 0 Å². The van der Waals surface area contributed by atoms with Gasteiger partial charge in [-0.15, -0.1) is 0 Å². The molecule has 0 aliphatic heterocycles. The predicted octanol–water partition coefficient (Wildman–Crippen LogP) is 18.9. The van der Waals surface area contributed by atoms with E-state index in [2.05, 4.69) is 129 Å². The summed E-state index contributed by atoms with van der Waals surface area (Å²) in [5.74, 6) is 8.33. The molecule has 0 spiro atoms. The minimum Gasteiger partial charge on any atom is -0.264 e. The summed E-state index contributed by atoms with van der Waals surface area (Å²) in [4.78, 5) is 67.6. The van der Waals surface area contributed by atoms with Crippen LogP contribution in [-0.4, -0.2) is 74.8 Å². The van der Waals surface area contributed by atoms with E-state index in [-0.39, 0.29) is 0 Å². The maximum Gasteiger partial charge on any atom is 0.163 e. The zero-order valence-corrected chi connectivity index (χ0v) is 55.3. The topological polar surface area (TPSA) is 193 Å².